The predicted molar refractivity (Wildman–Crippen MR) is 133 cm³/mol. The number of carboxylic acids is 2. The number of carboxylic acid groups (broad SMARTS) is 2. The molecule has 1 atom stereocenters. The molecule has 0 radical (unpaired) electrons. The molecule has 4 rings (SSSR count). The summed E-state index contributed by atoms with van der Waals surface area (Å²) in [5.41, 5.74) is 7.54. The van der Waals surface area contributed by atoms with Gasteiger partial charge in [0.1, 0.15) is 0 Å². The van der Waals surface area contributed by atoms with Gasteiger partial charge in [0.2, 0.25) is 0 Å². The van der Waals surface area contributed by atoms with Crippen molar-refractivity contribution in [1.82, 2.24) is 0 Å². The molecule has 0 spiro atoms. The molecule has 4 aromatic carbocycles. The molecule has 6 heteroatoms. The van der Waals surface area contributed by atoms with Gasteiger partial charge in [0.05, 0.1) is 0 Å². The van der Waals surface area contributed by atoms with Gasteiger partial charge in [0.15, 0.2) is 0 Å². The Labute approximate surface area is 216 Å². The normalized spacial score (nSPS) is 9.26. The van der Waals surface area contributed by atoms with E-state index in [4.69, 9.17) is 19.8 Å². The molecule has 0 aliphatic rings. The average molecular weight is 563 g/mol. The van der Waals surface area contributed by atoms with Gasteiger partial charge in [-0.2, -0.15) is 0 Å². The Morgan fingerprint density at radius 2 is 0.882 bits per heavy atom. The SMILES string of the molecule is CC(=O)[O-].CC(=O)[O-].Pc1ccc(-c2ccccc2)c(-c2ccccc2)c1-c1ccccc1.[Pd+2]. The third kappa shape index (κ3) is 9.04. The molecule has 0 heterocycles. The molecule has 0 aliphatic heterocycles. The zero-order valence-corrected chi connectivity index (χ0v) is 21.6. The van der Waals surface area contributed by atoms with E-state index in [1.165, 1.54) is 38.7 Å². The Bertz CT molecular complexity index is 1160. The van der Waals surface area contributed by atoms with E-state index < -0.39 is 11.9 Å². The van der Waals surface area contributed by atoms with Crippen LogP contribution >= 0.6 is 9.24 Å². The van der Waals surface area contributed by atoms with Gasteiger partial charge in [-0.05, 0) is 52.5 Å². The largest absolute Gasteiger partial charge is 2.00 e. The van der Waals surface area contributed by atoms with E-state index in [-0.39, 0.29) is 20.4 Å². The average Bonchev–Trinajstić information content (AvgIpc) is 2.80. The first-order chi connectivity index (χ1) is 15.8. The predicted octanol–water partition coefficient (Wildman–Crippen LogP) is 3.70. The van der Waals surface area contributed by atoms with Crippen LogP contribution in [0.3, 0.4) is 0 Å². The van der Waals surface area contributed by atoms with Crippen LogP contribution in [0.25, 0.3) is 33.4 Å². The van der Waals surface area contributed by atoms with Crippen molar-refractivity contribution in [2.45, 2.75) is 13.8 Å². The molecule has 0 bridgehead atoms. The first kappa shape index (κ1) is 28.9. The Morgan fingerprint density at radius 1 is 0.559 bits per heavy atom. The number of hydrogen-bond donors (Lipinski definition) is 0. The van der Waals surface area contributed by atoms with Crippen molar-refractivity contribution in [3.05, 3.63) is 103 Å². The van der Waals surface area contributed by atoms with Crippen LogP contribution in [-0.4, -0.2) is 11.9 Å². The number of benzene rings is 4. The third-order valence-electron chi connectivity index (χ3n) is 4.45. The van der Waals surface area contributed by atoms with Crippen LogP contribution in [0, 0.1) is 0 Å². The summed E-state index contributed by atoms with van der Waals surface area (Å²) in [5, 5.41) is 19.0. The van der Waals surface area contributed by atoms with Crippen molar-refractivity contribution in [3.8, 4) is 33.4 Å². The Hall–Kier alpha value is -3.09. The molecule has 0 amide bonds. The summed E-state index contributed by atoms with van der Waals surface area (Å²) in [7, 11) is 2.90. The minimum atomic E-state index is -1.08. The molecule has 1 unspecified atom stereocenters. The number of aliphatic carboxylic acids is 2. The summed E-state index contributed by atoms with van der Waals surface area (Å²) in [4.78, 5) is 17.8. The van der Waals surface area contributed by atoms with E-state index in [1.54, 1.807) is 0 Å². The van der Waals surface area contributed by atoms with Crippen LogP contribution in [0.5, 0.6) is 0 Å². The molecular weight excluding hydrogens is 538 g/mol. The van der Waals surface area contributed by atoms with E-state index in [1.807, 2.05) is 0 Å². The second-order valence-electron chi connectivity index (χ2n) is 7.03. The van der Waals surface area contributed by atoms with Gasteiger partial charge in [0.25, 0.3) is 0 Å². The molecule has 0 saturated heterocycles. The molecule has 0 fully saturated rings. The zero-order valence-electron chi connectivity index (χ0n) is 18.8. The van der Waals surface area contributed by atoms with E-state index in [0.717, 1.165) is 13.8 Å². The van der Waals surface area contributed by atoms with Crippen LogP contribution in [0.2, 0.25) is 0 Å². The maximum absolute atomic E-state index is 8.89. The van der Waals surface area contributed by atoms with E-state index in [9.17, 15) is 0 Å². The topological polar surface area (TPSA) is 80.3 Å². The molecule has 4 aromatic rings. The van der Waals surface area contributed by atoms with Gasteiger partial charge < -0.3 is 19.8 Å². The van der Waals surface area contributed by atoms with E-state index >= 15 is 0 Å². The van der Waals surface area contributed by atoms with Gasteiger partial charge in [-0.25, -0.2) is 0 Å². The molecule has 0 N–H and O–H groups in total. The summed E-state index contributed by atoms with van der Waals surface area (Å²) in [6.45, 7) is 1.94. The van der Waals surface area contributed by atoms with Crippen LogP contribution in [0.1, 0.15) is 13.8 Å². The first-order valence-corrected chi connectivity index (χ1v) is 10.8. The van der Waals surface area contributed by atoms with E-state index in [0.29, 0.717) is 0 Å². The smallest absolute Gasteiger partial charge is 0.550 e. The van der Waals surface area contributed by atoms with Gasteiger partial charge >= 0.3 is 20.4 Å². The fraction of sp³-hybridized carbons (Fsp3) is 0.0714. The van der Waals surface area contributed by atoms with Crippen molar-refractivity contribution in [2.75, 3.05) is 0 Å². The summed E-state index contributed by atoms with van der Waals surface area (Å²) in [6.07, 6.45) is 0. The third-order valence-corrected chi connectivity index (χ3v) is 4.93. The second kappa shape index (κ2) is 14.9. The van der Waals surface area contributed by atoms with Crippen molar-refractivity contribution < 1.29 is 40.2 Å². The quantitative estimate of drug-likeness (QED) is 0.282. The maximum Gasteiger partial charge on any atom is 2.00 e. The zero-order chi connectivity index (χ0) is 24.2. The number of hydrogen-bond acceptors (Lipinski definition) is 4. The molecule has 0 aromatic heterocycles. The number of carbonyl (C=O) groups is 2. The van der Waals surface area contributed by atoms with Crippen molar-refractivity contribution in [3.63, 3.8) is 0 Å². The van der Waals surface area contributed by atoms with Crippen molar-refractivity contribution >= 4 is 26.5 Å². The molecule has 34 heavy (non-hydrogen) atoms. The summed E-state index contributed by atoms with van der Waals surface area (Å²) < 4.78 is 0. The monoisotopic (exact) mass is 562 g/mol. The van der Waals surface area contributed by atoms with Crippen LogP contribution in [0.15, 0.2) is 103 Å². The number of rotatable bonds is 3. The van der Waals surface area contributed by atoms with Crippen LogP contribution in [-0.2, 0) is 30.0 Å². The van der Waals surface area contributed by atoms with Gasteiger partial charge in [-0.3, -0.25) is 0 Å². The summed E-state index contributed by atoms with van der Waals surface area (Å²) in [6, 6.07) is 36.3. The number of carbonyl (C=O) groups excluding carboxylic acids is 2. The molecule has 0 saturated carbocycles. The molecule has 0 aliphatic carbocycles. The van der Waals surface area contributed by atoms with Crippen molar-refractivity contribution in [2.24, 2.45) is 0 Å². The van der Waals surface area contributed by atoms with Gasteiger partial charge in [-0.15, -0.1) is 9.24 Å². The Balaban J connectivity index is 0.000000563. The Morgan fingerprint density at radius 3 is 1.26 bits per heavy atom. The van der Waals surface area contributed by atoms with Crippen LogP contribution < -0.4 is 15.5 Å². The molecule has 4 nitrogen and oxygen atoms in total. The minimum Gasteiger partial charge on any atom is -0.550 e. The molecular formula is C28H25O4PPd. The first-order valence-electron chi connectivity index (χ1n) is 10.2. The van der Waals surface area contributed by atoms with E-state index in [2.05, 4.69) is 112 Å². The fourth-order valence-corrected chi connectivity index (χ4v) is 3.70. The minimum absolute atomic E-state index is 0. The molecule has 176 valence electrons. The standard InChI is InChI=1S/C24H19P.2C2H4O2.Pd/c25-22-17-16-21(18-10-4-1-5-11-18)23(19-12-6-2-7-13-19)24(22)20-14-8-3-9-15-20;2*1-2(3)4;/h1-17H,25H2;2*1H3,(H,3,4);/q;;;+2/p-2. The Kier molecular flexibility index (Phi) is 12.7. The van der Waals surface area contributed by atoms with Gasteiger partial charge in [-0.1, -0.05) is 103 Å². The second-order valence-corrected chi connectivity index (χ2v) is 7.66. The van der Waals surface area contributed by atoms with Gasteiger partial charge in [0, 0.05) is 11.9 Å². The van der Waals surface area contributed by atoms with Crippen molar-refractivity contribution in [1.29, 1.82) is 0 Å². The van der Waals surface area contributed by atoms with Crippen LogP contribution in [0.4, 0.5) is 0 Å². The summed E-state index contributed by atoms with van der Waals surface area (Å²) in [5.74, 6) is -2.17. The maximum atomic E-state index is 8.89. The summed E-state index contributed by atoms with van der Waals surface area (Å²) >= 11 is 0. The fourth-order valence-electron chi connectivity index (χ4n) is 3.30.